The quantitative estimate of drug-likeness (QED) is 0.799. The first-order chi connectivity index (χ1) is 10.7. The molecule has 4 nitrogen and oxygen atoms in total. The van der Waals surface area contributed by atoms with Crippen molar-refractivity contribution in [3.8, 4) is 0 Å². The van der Waals surface area contributed by atoms with E-state index in [2.05, 4.69) is 11.9 Å². The molecule has 1 heterocycles. The molecule has 22 heavy (non-hydrogen) atoms. The Hall–Kier alpha value is -2.40. The van der Waals surface area contributed by atoms with Crippen LogP contribution < -0.4 is 5.32 Å². The van der Waals surface area contributed by atoms with Crippen LogP contribution in [0.2, 0.25) is 0 Å². The molecule has 0 unspecified atom stereocenters. The van der Waals surface area contributed by atoms with E-state index in [9.17, 15) is 9.59 Å². The first-order valence-electron chi connectivity index (χ1n) is 6.95. The Bertz CT molecular complexity index is 623. The summed E-state index contributed by atoms with van der Waals surface area (Å²) in [5, 5.41) is 4.63. The standard InChI is InChI=1S/C17H18N2O2S/c1-2-10-19(13-15-9-6-11-22-15)16(20)12-18-17(21)14-7-4-3-5-8-14/h2-9,11H,1,10,12-13H2,(H,18,21). The molecule has 0 aliphatic heterocycles. The summed E-state index contributed by atoms with van der Waals surface area (Å²) < 4.78 is 0. The van der Waals surface area contributed by atoms with Crippen LogP contribution in [0, 0.1) is 0 Å². The molecule has 0 atom stereocenters. The number of nitrogens with zero attached hydrogens (tertiary/aromatic N) is 1. The fourth-order valence-corrected chi connectivity index (χ4v) is 2.68. The highest BCUT2D eigenvalue weighted by Crippen LogP contribution is 2.12. The Morgan fingerprint density at radius 3 is 2.59 bits per heavy atom. The van der Waals surface area contributed by atoms with Gasteiger partial charge in [0.15, 0.2) is 0 Å². The summed E-state index contributed by atoms with van der Waals surface area (Å²) in [5.41, 5.74) is 0.545. The Balaban J connectivity index is 1.90. The second kappa shape index (κ2) is 8.14. The van der Waals surface area contributed by atoms with E-state index >= 15 is 0 Å². The van der Waals surface area contributed by atoms with Gasteiger partial charge in [0.05, 0.1) is 13.1 Å². The van der Waals surface area contributed by atoms with Crippen molar-refractivity contribution in [2.24, 2.45) is 0 Å². The van der Waals surface area contributed by atoms with Crippen LogP contribution in [0.25, 0.3) is 0 Å². The normalized spacial score (nSPS) is 10.0. The molecule has 0 saturated carbocycles. The van der Waals surface area contributed by atoms with Gasteiger partial charge in [0.1, 0.15) is 0 Å². The number of carbonyl (C=O) groups is 2. The van der Waals surface area contributed by atoms with E-state index in [4.69, 9.17) is 0 Å². The molecule has 2 amide bonds. The highest BCUT2D eigenvalue weighted by atomic mass is 32.1. The number of hydrogen-bond acceptors (Lipinski definition) is 3. The molecule has 0 radical (unpaired) electrons. The molecule has 2 rings (SSSR count). The first-order valence-corrected chi connectivity index (χ1v) is 7.83. The molecule has 0 aliphatic carbocycles. The van der Waals surface area contributed by atoms with Crippen molar-refractivity contribution in [2.45, 2.75) is 6.54 Å². The fraction of sp³-hybridized carbons (Fsp3) is 0.176. The lowest BCUT2D eigenvalue weighted by molar-refractivity contribution is -0.130. The molecule has 0 spiro atoms. The Morgan fingerprint density at radius 1 is 1.18 bits per heavy atom. The molecule has 0 saturated heterocycles. The molecule has 0 bridgehead atoms. The number of benzene rings is 1. The van der Waals surface area contributed by atoms with Gasteiger partial charge in [0, 0.05) is 17.0 Å². The van der Waals surface area contributed by atoms with Gasteiger partial charge in [-0.25, -0.2) is 0 Å². The molecule has 0 fully saturated rings. The monoisotopic (exact) mass is 314 g/mol. The zero-order valence-electron chi connectivity index (χ0n) is 12.2. The van der Waals surface area contributed by atoms with Gasteiger partial charge in [-0.05, 0) is 23.6 Å². The van der Waals surface area contributed by atoms with Crippen LogP contribution in [-0.4, -0.2) is 29.8 Å². The number of thiophene rings is 1. The van der Waals surface area contributed by atoms with Crippen molar-refractivity contribution >= 4 is 23.2 Å². The number of nitrogens with one attached hydrogen (secondary N) is 1. The molecule has 1 N–H and O–H groups in total. The minimum absolute atomic E-state index is 0.0209. The maximum Gasteiger partial charge on any atom is 0.251 e. The summed E-state index contributed by atoms with van der Waals surface area (Å²) in [4.78, 5) is 27.0. The minimum Gasteiger partial charge on any atom is -0.343 e. The van der Waals surface area contributed by atoms with Crippen LogP contribution in [0.1, 0.15) is 15.2 Å². The Kier molecular flexibility index (Phi) is 5.91. The lowest BCUT2D eigenvalue weighted by atomic mass is 10.2. The average molecular weight is 314 g/mol. The largest absolute Gasteiger partial charge is 0.343 e. The second-order valence-corrected chi connectivity index (χ2v) is 5.72. The van der Waals surface area contributed by atoms with Crippen molar-refractivity contribution in [1.82, 2.24) is 10.2 Å². The molecule has 5 heteroatoms. The molecule has 114 valence electrons. The number of amides is 2. The number of hydrogen-bond donors (Lipinski definition) is 1. The van der Waals surface area contributed by atoms with Gasteiger partial charge < -0.3 is 10.2 Å². The van der Waals surface area contributed by atoms with E-state index in [0.29, 0.717) is 18.7 Å². The summed E-state index contributed by atoms with van der Waals surface area (Å²) in [6, 6.07) is 12.8. The van der Waals surface area contributed by atoms with Crippen LogP contribution in [0.4, 0.5) is 0 Å². The van der Waals surface area contributed by atoms with Crippen molar-refractivity contribution in [1.29, 1.82) is 0 Å². The van der Waals surface area contributed by atoms with Crippen LogP contribution in [-0.2, 0) is 11.3 Å². The van der Waals surface area contributed by atoms with E-state index in [1.54, 1.807) is 46.6 Å². The van der Waals surface area contributed by atoms with Gasteiger partial charge in [-0.2, -0.15) is 0 Å². The number of rotatable bonds is 7. The Morgan fingerprint density at radius 2 is 1.95 bits per heavy atom. The van der Waals surface area contributed by atoms with Gasteiger partial charge in [-0.15, -0.1) is 17.9 Å². The van der Waals surface area contributed by atoms with Crippen molar-refractivity contribution in [3.05, 3.63) is 70.9 Å². The third-order valence-electron chi connectivity index (χ3n) is 3.07. The van der Waals surface area contributed by atoms with Gasteiger partial charge >= 0.3 is 0 Å². The summed E-state index contributed by atoms with van der Waals surface area (Å²) in [7, 11) is 0. The molecule has 1 aromatic heterocycles. The van der Waals surface area contributed by atoms with E-state index < -0.39 is 0 Å². The summed E-state index contributed by atoms with van der Waals surface area (Å²) in [6.07, 6.45) is 1.69. The van der Waals surface area contributed by atoms with Crippen molar-refractivity contribution < 1.29 is 9.59 Å². The first kappa shape index (κ1) is 16.0. The molecular formula is C17H18N2O2S. The van der Waals surface area contributed by atoms with Crippen molar-refractivity contribution in [2.75, 3.05) is 13.1 Å². The number of carbonyl (C=O) groups excluding carboxylic acids is 2. The molecular weight excluding hydrogens is 296 g/mol. The van der Waals surface area contributed by atoms with E-state index in [0.717, 1.165) is 4.88 Å². The van der Waals surface area contributed by atoms with Gasteiger partial charge in [0.25, 0.3) is 5.91 Å². The summed E-state index contributed by atoms with van der Waals surface area (Å²) in [6.45, 7) is 4.64. The van der Waals surface area contributed by atoms with Crippen LogP contribution in [0.3, 0.4) is 0 Å². The highest BCUT2D eigenvalue weighted by molar-refractivity contribution is 7.09. The minimum atomic E-state index is -0.247. The lowest BCUT2D eigenvalue weighted by Gasteiger charge is -2.20. The van der Waals surface area contributed by atoms with E-state index in [1.807, 2.05) is 23.6 Å². The average Bonchev–Trinajstić information content (AvgIpc) is 3.06. The molecule has 2 aromatic rings. The summed E-state index contributed by atoms with van der Waals surface area (Å²) >= 11 is 1.60. The molecule has 0 aliphatic rings. The smallest absolute Gasteiger partial charge is 0.251 e. The predicted molar refractivity (Wildman–Crippen MR) is 88.7 cm³/mol. The Labute approximate surface area is 134 Å². The van der Waals surface area contributed by atoms with Crippen molar-refractivity contribution in [3.63, 3.8) is 0 Å². The SMILES string of the molecule is C=CCN(Cc1cccs1)C(=O)CNC(=O)c1ccccc1. The van der Waals surface area contributed by atoms with Gasteiger partial charge in [-0.3, -0.25) is 9.59 Å². The van der Waals surface area contributed by atoms with Crippen LogP contribution in [0.15, 0.2) is 60.5 Å². The predicted octanol–water partition coefficient (Wildman–Crippen LogP) is 2.69. The van der Waals surface area contributed by atoms with E-state index in [-0.39, 0.29) is 18.4 Å². The zero-order valence-corrected chi connectivity index (χ0v) is 13.0. The zero-order chi connectivity index (χ0) is 15.8. The summed E-state index contributed by atoms with van der Waals surface area (Å²) in [5.74, 6) is -0.374. The maximum atomic E-state index is 12.3. The topological polar surface area (TPSA) is 49.4 Å². The van der Waals surface area contributed by atoms with E-state index in [1.165, 1.54) is 0 Å². The maximum absolute atomic E-state index is 12.3. The molecule has 1 aromatic carbocycles. The van der Waals surface area contributed by atoms with Crippen LogP contribution in [0.5, 0.6) is 0 Å². The fourth-order valence-electron chi connectivity index (χ4n) is 1.96. The second-order valence-electron chi connectivity index (χ2n) is 4.69. The van der Waals surface area contributed by atoms with Gasteiger partial charge in [0.2, 0.25) is 5.91 Å². The third kappa shape index (κ3) is 4.56. The lowest BCUT2D eigenvalue weighted by Crippen LogP contribution is -2.39. The highest BCUT2D eigenvalue weighted by Gasteiger charge is 2.14. The van der Waals surface area contributed by atoms with Crippen LogP contribution >= 0.6 is 11.3 Å². The van der Waals surface area contributed by atoms with Gasteiger partial charge in [-0.1, -0.05) is 30.3 Å². The third-order valence-corrected chi connectivity index (χ3v) is 3.93.